The largest absolute Gasteiger partial charge is 0.458 e. The summed E-state index contributed by atoms with van der Waals surface area (Å²) in [5.41, 5.74) is 4.04. The van der Waals surface area contributed by atoms with E-state index in [0.29, 0.717) is 12.8 Å². The Bertz CT molecular complexity index is 4790. The number of hydrogen-bond acceptors (Lipinski definition) is 28. The molecule has 0 aromatic carbocycles. The first kappa shape index (κ1) is 132. The van der Waals surface area contributed by atoms with Crippen molar-refractivity contribution in [3.63, 3.8) is 0 Å². The number of hydrogen-bond donors (Lipinski definition) is 25. The van der Waals surface area contributed by atoms with Crippen LogP contribution < -0.4 is 117 Å². The summed E-state index contributed by atoms with van der Waals surface area (Å²) in [6.45, 7) is 37.1. The highest BCUT2D eigenvalue weighted by Crippen LogP contribution is 2.23. The van der Waals surface area contributed by atoms with Gasteiger partial charge in [-0.15, -0.1) is 0 Å². The number of aliphatic hydroxyl groups is 3. The molecule has 2 rings (SSSR count). The third-order valence-electron chi connectivity index (χ3n) is 25.1. The van der Waals surface area contributed by atoms with E-state index in [1.54, 1.807) is 62.3 Å². The number of unbranched alkanes of at least 4 members (excludes halogenated alkanes) is 6. The average molecular weight is 2110 g/mol. The molecule has 149 heavy (non-hydrogen) atoms. The van der Waals surface area contributed by atoms with Crippen molar-refractivity contribution < 1.29 is 130 Å². The number of cyclic esters (lactones) is 1. The highest BCUT2D eigenvalue weighted by atomic mass is 16.5. The molecule has 0 aliphatic carbocycles. The monoisotopic (exact) mass is 2110 g/mol. The lowest BCUT2D eigenvalue weighted by Crippen LogP contribution is -2.62. The van der Waals surface area contributed by atoms with Crippen molar-refractivity contribution in [2.75, 3.05) is 26.3 Å². The van der Waals surface area contributed by atoms with Gasteiger partial charge in [-0.1, -0.05) is 173 Å². The quantitative estimate of drug-likeness (QED) is 0.0156. The number of carbonyl (C=O) groups is 23. The van der Waals surface area contributed by atoms with E-state index in [4.69, 9.17) is 10.5 Å². The molecule has 22 amide bonds. The molecule has 2 fully saturated rings. The Hall–Kier alpha value is -13.4. The number of allylic oxidation sites excluding steroid dienone is 3. The molecule has 0 saturated carbocycles. The van der Waals surface area contributed by atoms with Gasteiger partial charge in [0.15, 0.2) is 0 Å². The zero-order valence-electron chi connectivity index (χ0n) is 90.3. The topological polar surface area (TPSA) is 744 Å². The van der Waals surface area contributed by atoms with Crippen LogP contribution in [0.1, 0.15) is 256 Å². The van der Waals surface area contributed by atoms with E-state index in [0.717, 1.165) is 50.7 Å². The van der Waals surface area contributed by atoms with Crippen LogP contribution in [0.25, 0.3) is 0 Å². The molecular weight excluding hydrogens is 1940 g/mol. The third kappa shape index (κ3) is 43.0. The zero-order chi connectivity index (χ0) is 114. The van der Waals surface area contributed by atoms with Gasteiger partial charge in [-0.05, 0) is 144 Å². The van der Waals surface area contributed by atoms with E-state index in [9.17, 15) is 126 Å². The molecule has 0 aromatic heterocycles. The molecule has 22 atom stereocenters. The van der Waals surface area contributed by atoms with E-state index in [-0.39, 0.29) is 50.9 Å². The van der Waals surface area contributed by atoms with Crippen molar-refractivity contribution in [2.45, 2.75) is 377 Å². The number of amides is 22. The van der Waals surface area contributed by atoms with Crippen molar-refractivity contribution in [1.29, 1.82) is 0 Å². The summed E-state index contributed by atoms with van der Waals surface area (Å²) in [7, 11) is 0. The maximum absolute atomic E-state index is 14.2. The third-order valence-corrected chi connectivity index (χ3v) is 25.1. The molecule has 2 aliphatic rings. The summed E-state index contributed by atoms with van der Waals surface area (Å²) in [5, 5.41) is 82.5. The molecule has 2 aliphatic heterocycles. The van der Waals surface area contributed by atoms with Gasteiger partial charge < -0.3 is 142 Å². The van der Waals surface area contributed by atoms with Crippen LogP contribution in [0.15, 0.2) is 47.6 Å². The molecule has 0 unspecified atom stereocenters. The Morgan fingerprint density at radius 1 is 0.450 bits per heavy atom. The van der Waals surface area contributed by atoms with Crippen LogP contribution >= 0.6 is 0 Å². The number of nitrogens with zero attached hydrogens (tertiary/aromatic N) is 1. The predicted molar refractivity (Wildman–Crippen MR) is 545 cm³/mol. The van der Waals surface area contributed by atoms with Crippen molar-refractivity contribution in [3.05, 3.63) is 47.6 Å². The molecule has 0 radical (unpaired) electrons. The summed E-state index contributed by atoms with van der Waals surface area (Å²) in [5.74, 6) is -25.7. The number of esters is 1. The molecule has 0 aromatic rings. The predicted octanol–water partition coefficient (Wildman–Crippen LogP) is -4.07. The molecule has 0 spiro atoms. The molecule has 2 heterocycles. The minimum absolute atomic E-state index is 0.0791. The van der Waals surface area contributed by atoms with Gasteiger partial charge in [0, 0.05) is 6.54 Å². The summed E-state index contributed by atoms with van der Waals surface area (Å²) in [4.78, 5) is 317. The number of ether oxygens (including phenoxy) is 1. The number of likely N-dealkylation sites (tertiary alicyclic amines) is 1. The van der Waals surface area contributed by atoms with E-state index in [1.807, 2.05) is 0 Å². The van der Waals surface area contributed by atoms with Gasteiger partial charge in [0.2, 0.25) is 106 Å². The second-order valence-corrected chi connectivity index (χ2v) is 39.0. The number of carbonyl (C=O) groups excluding carboxylic acids is 23. The Labute approximate surface area is 871 Å². The molecule has 26 N–H and O–H groups in total. The first-order valence-electron chi connectivity index (χ1n) is 51.0. The first-order valence-corrected chi connectivity index (χ1v) is 51.0. The Balaban J connectivity index is 2.11. The summed E-state index contributed by atoms with van der Waals surface area (Å²) in [6, 6.07) is -25.9. The zero-order valence-corrected chi connectivity index (χ0v) is 90.3. The molecule has 2 saturated heterocycles. The van der Waals surface area contributed by atoms with Crippen LogP contribution in [0.5, 0.6) is 0 Å². The van der Waals surface area contributed by atoms with Gasteiger partial charge >= 0.3 is 5.97 Å². The lowest BCUT2D eigenvalue weighted by atomic mass is 9.96. The van der Waals surface area contributed by atoms with Crippen LogP contribution in [0.2, 0.25) is 0 Å². The number of rotatable bonds is 56. The van der Waals surface area contributed by atoms with E-state index in [1.165, 1.54) is 114 Å². The molecule has 0 bridgehead atoms. The fourth-order valence-corrected chi connectivity index (χ4v) is 15.1. The molecule has 838 valence electrons. The SMILES string of the molecule is C=C(NC(=O)[C@@H](NC(=O)[C@H](NC(=O)[C@@H](CO)NC(=O)/C(=C/C)NC(=O)[C@H](C)NC(=O)[C@H](NC(=O)[C@H](C)NC(=O)[C@@H](C)NC(=O)[C@@H](C)NC(=O)[C@@H]1CCCN1C(=O)/C(=C/C)NC(=O)C[C@@H](O)CCCCCCCCC)C(C)C)C(C)C)[C@@H](C)CC)C(=O)N[C@@H](C)C(=O)N[C@H](C(=O)N[C@H](C)C(=O)N[C@H](C(=O)N/C(=C\C)C(=O)N[C@H]1C(=O)N[C@@H](C)C(=O)N[C@H](CCN)C(=O)N[C@@H](CO)C(=O)N[C@@H]([C@@H](C)CC)C(=O)O[C@H]1C)C(C)C)C(C)C. The van der Waals surface area contributed by atoms with Crippen molar-refractivity contribution in [3.8, 4) is 0 Å². The Morgan fingerprint density at radius 2 is 0.872 bits per heavy atom. The van der Waals surface area contributed by atoms with Crippen LogP contribution in [-0.4, -0.2) is 303 Å². The van der Waals surface area contributed by atoms with Gasteiger partial charge in [0.25, 0.3) is 23.6 Å². The van der Waals surface area contributed by atoms with Crippen LogP contribution in [0.3, 0.4) is 0 Å². The van der Waals surface area contributed by atoms with E-state index >= 15 is 0 Å². The smallest absolute Gasteiger partial charge is 0.329 e. The lowest BCUT2D eigenvalue weighted by molar-refractivity contribution is -0.157. The Morgan fingerprint density at radius 3 is 1.35 bits per heavy atom. The number of nitrogens with two attached hydrogens (primary N) is 1. The van der Waals surface area contributed by atoms with Gasteiger partial charge in [-0.25, -0.2) is 4.79 Å². The van der Waals surface area contributed by atoms with E-state index in [2.05, 4.69) is 125 Å². The number of nitrogens with one attached hydrogen (secondary N) is 21. The fourth-order valence-electron chi connectivity index (χ4n) is 15.1. The summed E-state index contributed by atoms with van der Waals surface area (Å²) < 4.78 is 5.69. The van der Waals surface area contributed by atoms with Crippen molar-refractivity contribution in [1.82, 2.24) is 117 Å². The van der Waals surface area contributed by atoms with Gasteiger partial charge in [-0.2, -0.15) is 0 Å². The van der Waals surface area contributed by atoms with Crippen LogP contribution in [0, 0.1) is 35.5 Å². The minimum Gasteiger partial charge on any atom is -0.458 e. The lowest BCUT2D eigenvalue weighted by Gasteiger charge is -2.31. The molecular formula is C99H165N23O27. The fraction of sp³-hybridized carbons (Fsp3) is 0.687. The second-order valence-electron chi connectivity index (χ2n) is 39.0. The van der Waals surface area contributed by atoms with Gasteiger partial charge in [-0.3, -0.25) is 105 Å². The van der Waals surface area contributed by atoms with E-state index < -0.39 is 323 Å². The maximum atomic E-state index is 14.2. The van der Waals surface area contributed by atoms with Crippen LogP contribution in [0.4, 0.5) is 0 Å². The second kappa shape index (κ2) is 65.5. The highest BCUT2D eigenvalue weighted by Gasteiger charge is 2.44. The van der Waals surface area contributed by atoms with Gasteiger partial charge in [0.05, 0.1) is 31.4 Å². The normalized spacial score (nSPS) is 20.1. The summed E-state index contributed by atoms with van der Waals surface area (Å²) >= 11 is 0. The maximum Gasteiger partial charge on any atom is 0.329 e. The standard InChI is InChI=1S/C99H165N23O27/c1-26-32-33-34-35-36-37-39-62(125)44-70(126)109-65(31-6)98(147)122-43-38-40-69(122)91(140)104-54(18)79(128)101-53(17)78(127)102-58(22)83(132)115-71(47(7)8)92(141)105-56(20)81(130)110-63(29-4)86(135)113-67(45-123)89(138)118-74(50(13)14)95(144)119-75(51(15)27-2)96(145)107-55(19)80(129)103-59(23)84(133)116-72(48(9)10)93(142)106-60(24)85(134)117-73(49(11)12)94(143)111-64(30-5)87(136)121-77-61(25)149-99(148)76(52(16)28-3)120-90(139)68(46-124)114-88(137)66(41-42-100)112-82(131)57(21)108-97(77)146/h29-31,47-54,56-62,66-69,71-77,123-125H,19,26-28,32-46,100H2,1-18,20-25H3,(H,101,128)(H,102,127)(H,103,129)(H,104,140)(H,105,141)(H,106,142)(H,107,145)(H,108,146)(H,109,126)(H,110,130)(H,111,143)(H,112,131)(H,113,135)(H,114,137)(H,115,132)(H,116,133)(H,117,134)(H,118,138)(H,119,144)(H,120,139)(H,121,136)/b63-29-,64-30-,65-31-/t51-,52-,53+,54+,56-,57-,58-,59-,60+,61-,62-,66+,67+,68-,69-,71+,72-,73-,74+,75-,76-,77+/m0/s1. The Kier molecular flexibility index (Phi) is 57.8. The van der Waals surface area contributed by atoms with Crippen LogP contribution in [-0.2, 0) is 115 Å². The highest BCUT2D eigenvalue weighted by molar-refractivity contribution is 6.07. The van der Waals surface area contributed by atoms with Crippen molar-refractivity contribution in [2.24, 2.45) is 41.2 Å². The average Bonchev–Trinajstić information content (AvgIpc) is 1.70. The molecule has 50 heteroatoms. The number of aliphatic hydroxyl groups excluding tert-OH is 3. The minimum atomic E-state index is -1.85. The van der Waals surface area contributed by atoms with Gasteiger partial charge in [0.1, 0.15) is 132 Å². The van der Waals surface area contributed by atoms with Crippen molar-refractivity contribution >= 4 is 136 Å². The first-order chi connectivity index (χ1) is 69.8. The molecule has 50 nitrogen and oxygen atoms in total. The summed E-state index contributed by atoms with van der Waals surface area (Å²) in [6.07, 6.45) is 9.71.